The summed E-state index contributed by atoms with van der Waals surface area (Å²) in [6.45, 7) is 0. The van der Waals surface area contributed by atoms with Crippen LogP contribution < -0.4 is 5.14 Å². The number of alkyl halides is 4. The highest BCUT2D eigenvalue weighted by Crippen LogP contribution is 2.37. The molecule has 0 saturated carbocycles. The highest BCUT2D eigenvalue weighted by Gasteiger charge is 2.67. The van der Waals surface area contributed by atoms with E-state index < -0.39 is 31.2 Å². The minimum absolute atomic E-state index is 3.71. The standard InChI is InChI=1S/C2H3F4NO4S2/c3-1(4,12(8)9)2(5,6)13(7,10)11/h12H,(H2,7,10,11). The van der Waals surface area contributed by atoms with Crippen LogP contribution >= 0.6 is 0 Å². The van der Waals surface area contributed by atoms with Crippen LogP contribution in [0.1, 0.15) is 0 Å². The summed E-state index contributed by atoms with van der Waals surface area (Å²) in [5.41, 5.74) is 0. The molecule has 0 spiro atoms. The first-order valence-electron chi connectivity index (χ1n) is 2.37. The monoisotopic (exact) mass is 245 g/mol. The van der Waals surface area contributed by atoms with E-state index >= 15 is 0 Å². The van der Waals surface area contributed by atoms with Crippen LogP contribution in [0.2, 0.25) is 0 Å². The molecule has 0 aliphatic heterocycles. The quantitative estimate of drug-likeness (QED) is 0.496. The lowest BCUT2D eigenvalue weighted by Gasteiger charge is -2.18. The van der Waals surface area contributed by atoms with Crippen molar-refractivity contribution in [3.63, 3.8) is 0 Å². The lowest BCUT2D eigenvalue weighted by molar-refractivity contribution is -0.0943. The normalized spacial score (nSPS) is 14.9. The fourth-order valence-corrected chi connectivity index (χ4v) is 1.44. The molecule has 0 radical (unpaired) electrons. The topological polar surface area (TPSA) is 94.3 Å². The maximum Gasteiger partial charge on any atom is 0.435 e. The Balaban J connectivity index is 5.56. The summed E-state index contributed by atoms with van der Waals surface area (Å²) in [5, 5.41) is -7.82. The largest absolute Gasteiger partial charge is 0.435 e. The van der Waals surface area contributed by atoms with Crippen LogP contribution in [0.15, 0.2) is 0 Å². The van der Waals surface area contributed by atoms with Crippen molar-refractivity contribution in [1.82, 2.24) is 0 Å². The van der Waals surface area contributed by atoms with Gasteiger partial charge in [0.1, 0.15) is 0 Å². The van der Waals surface area contributed by atoms with Crippen LogP contribution in [0.5, 0.6) is 0 Å². The molecule has 0 heterocycles. The molecule has 0 rings (SSSR count). The first-order chi connectivity index (χ1) is 5.44. The number of nitrogens with two attached hydrogens (primary N) is 1. The summed E-state index contributed by atoms with van der Waals surface area (Å²) in [6.07, 6.45) is 0. The van der Waals surface area contributed by atoms with Crippen molar-refractivity contribution >= 4 is 20.7 Å². The first-order valence-corrected chi connectivity index (χ1v) is 5.09. The van der Waals surface area contributed by atoms with Gasteiger partial charge in [-0.15, -0.1) is 0 Å². The average Bonchev–Trinajstić information content (AvgIpc) is 1.84. The molecule has 0 aromatic heterocycles. The fraction of sp³-hybridized carbons (Fsp3) is 1.00. The second-order valence-corrected chi connectivity index (χ2v) is 4.54. The number of halogens is 4. The number of thiol groups is 1. The Morgan fingerprint density at radius 1 is 1.08 bits per heavy atom. The van der Waals surface area contributed by atoms with Crippen molar-refractivity contribution in [2.24, 2.45) is 5.14 Å². The summed E-state index contributed by atoms with van der Waals surface area (Å²) >= 11 is 0. The van der Waals surface area contributed by atoms with E-state index in [0.717, 1.165) is 0 Å². The lowest BCUT2D eigenvalue weighted by atomic mass is 10.7. The predicted octanol–water partition coefficient (Wildman–Crippen LogP) is -0.928. The molecule has 80 valence electrons. The molecule has 13 heavy (non-hydrogen) atoms. The molecule has 0 saturated heterocycles. The van der Waals surface area contributed by atoms with Crippen LogP contribution in [0.25, 0.3) is 0 Å². The van der Waals surface area contributed by atoms with Gasteiger partial charge in [0.2, 0.25) is 10.7 Å². The van der Waals surface area contributed by atoms with E-state index in [1.165, 1.54) is 0 Å². The number of hydrogen-bond acceptors (Lipinski definition) is 4. The minimum atomic E-state index is -5.97. The fourth-order valence-electron chi connectivity index (χ4n) is 0.277. The molecular formula is C2H3F4NO4S2. The predicted molar refractivity (Wildman–Crippen MR) is 33.3 cm³/mol. The highest BCUT2D eigenvalue weighted by molar-refractivity contribution is 7.91. The molecule has 0 bridgehead atoms. The van der Waals surface area contributed by atoms with E-state index in [4.69, 9.17) is 0 Å². The molecular weight excluding hydrogens is 242 g/mol. The Bertz CT molecular complexity index is 362. The van der Waals surface area contributed by atoms with Gasteiger partial charge in [-0.05, 0) is 0 Å². The van der Waals surface area contributed by atoms with Crippen molar-refractivity contribution < 1.29 is 34.4 Å². The van der Waals surface area contributed by atoms with E-state index in [2.05, 4.69) is 5.14 Å². The Labute approximate surface area is 71.5 Å². The third kappa shape index (κ3) is 1.91. The Kier molecular flexibility index (Phi) is 2.96. The van der Waals surface area contributed by atoms with E-state index in [1.807, 2.05) is 0 Å². The van der Waals surface area contributed by atoms with Crippen LogP contribution in [0.4, 0.5) is 17.6 Å². The maximum atomic E-state index is 12.1. The lowest BCUT2D eigenvalue weighted by Crippen LogP contribution is -2.50. The van der Waals surface area contributed by atoms with Gasteiger partial charge in [-0.25, -0.2) is 22.0 Å². The molecule has 0 aliphatic rings. The van der Waals surface area contributed by atoms with E-state index in [0.29, 0.717) is 0 Å². The second kappa shape index (κ2) is 3.06. The van der Waals surface area contributed by atoms with Gasteiger partial charge in [-0.1, -0.05) is 0 Å². The van der Waals surface area contributed by atoms with E-state index in [1.54, 1.807) is 0 Å². The molecule has 0 atom stereocenters. The van der Waals surface area contributed by atoms with E-state index in [9.17, 15) is 34.4 Å². The van der Waals surface area contributed by atoms with Gasteiger partial charge in [0.25, 0.3) is 10.0 Å². The van der Waals surface area contributed by atoms with Crippen molar-refractivity contribution in [2.75, 3.05) is 0 Å². The zero-order valence-electron chi connectivity index (χ0n) is 5.58. The molecule has 0 aromatic rings. The van der Waals surface area contributed by atoms with E-state index in [-0.39, 0.29) is 0 Å². The molecule has 5 nitrogen and oxygen atoms in total. The third-order valence-corrected chi connectivity index (χ3v) is 2.80. The van der Waals surface area contributed by atoms with Crippen molar-refractivity contribution in [3.05, 3.63) is 0 Å². The van der Waals surface area contributed by atoms with Gasteiger partial charge in [0.15, 0.2) is 0 Å². The Hall–Kier alpha value is -0.420. The summed E-state index contributed by atoms with van der Waals surface area (Å²) in [5.74, 6) is 0. The Morgan fingerprint density at radius 2 is 1.38 bits per heavy atom. The number of hydrogen-bond donors (Lipinski definition) is 2. The van der Waals surface area contributed by atoms with Gasteiger partial charge in [-0.3, -0.25) is 0 Å². The van der Waals surface area contributed by atoms with Crippen LogP contribution in [-0.2, 0) is 20.7 Å². The van der Waals surface area contributed by atoms with Crippen molar-refractivity contribution in [2.45, 2.75) is 10.5 Å². The SMILES string of the molecule is NS(=O)(=O)C(F)(F)C(F)(F)[SH](=O)=O. The average molecular weight is 245 g/mol. The van der Waals surface area contributed by atoms with Crippen molar-refractivity contribution in [1.29, 1.82) is 0 Å². The molecule has 0 aliphatic carbocycles. The molecule has 0 fully saturated rings. The van der Waals surface area contributed by atoms with Gasteiger partial charge in [0, 0.05) is 0 Å². The Morgan fingerprint density at radius 3 is 1.46 bits per heavy atom. The number of primary sulfonamides is 1. The zero-order chi connectivity index (χ0) is 11.1. The summed E-state index contributed by atoms with van der Waals surface area (Å²) in [6, 6.07) is 0. The van der Waals surface area contributed by atoms with Gasteiger partial charge in [0.05, 0.1) is 0 Å². The zero-order valence-corrected chi connectivity index (χ0v) is 7.29. The van der Waals surface area contributed by atoms with Crippen LogP contribution in [0.3, 0.4) is 0 Å². The first kappa shape index (κ1) is 12.6. The summed E-state index contributed by atoms with van der Waals surface area (Å²) in [4.78, 5) is 0. The van der Waals surface area contributed by atoms with Crippen LogP contribution in [-0.4, -0.2) is 27.3 Å². The van der Waals surface area contributed by atoms with Gasteiger partial charge < -0.3 is 0 Å². The van der Waals surface area contributed by atoms with Crippen LogP contribution in [0, 0.1) is 0 Å². The third-order valence-electron chi connectivity index (χ3n) is 0.937. The number of rotatable bonds is 3. The molecule has 0 aromatic carbocycles. The molecule has 11 heteroatoms. The minimum Gasteiger partial charge on any atom is -0.225 e. The van der Waals surface area contributed by atoms with Crippen molar-refractivity contribution in [3.8, 4) is 0 Å². The molecule has 2 N–H and O–H groups in total. The highest BCUT2D eigenvalue weighted by atomic mass is 32.2. The summed E-state index contributed by atoms with van der Waals surface area (Å²) < 4.78 is 87.2. The second-order valence-electron chi connectivity index (χ2n) is 1.86. The smallest absolute Gasteiger partial charge is 0.225 e. The maximum absolute atomic E-state index is 12.1. The molecule has 0 unspecified atom stereocenters. The van der Waals surface area contributed by atoms with Gasteiger partial charge >= 0.3 is 10.5 Å². The number of sulfonamides is 1. The van der Waals surface area contributed by atoms with Gasteiger partial charge in [-0.2, -0.15) is 17.6 Å². The molecule has 0 amide bonds. The summed E-state index contributed by atoms with van der Waals surface area (Å²) in [7, 11) is -10.9.